The molecular formula is C29H32ClFN6O. The molecule has 1 saturated carbocycles. The van der Waals surface area contributed by atoms with E-state index in [9.17, 15) is 9.50 Å². The van der Waals surface area contributed by atoms with E-state index < -0.39 is 11.2 Å². The van der Waals surface area contributed by atoms with Crippen molar-refractivity contribution < 1.29 is 9.50 Å². The Labute approximate surface area is 226 Å². The normalized spacial score (nSPS) is 15.2. The number of hydrogen-bond donors (Lipinski definition) is 3. The van der Waals surface area contributed by atoms with E-state index in [4.69, 9.17) is 17.3 Å². The molecule has 7 nitrogen and oxygen atoms in total. The molecule has 198 valence electrons. The third-order valence-electron chi connectivity index (χ3n) is 7.20. The summed E-state index contributed by atoms with van der Waals surface area (Å²) in [5.74, 6) is -0.237. The predicted octanol–water partition coefficient (Wildman–Crippen LogP) is 6.24. The average Bonchev–Trinajstić information content (AvgIpc) is 3.36. The van der Waals surface area contributed by atoms with E-state index in [2.05, 4.69) is 26.5 Å². The standard InChI is InChI=1S/C29H32ClFN6O/c1-29(2,17-38)26-11-8-18(14-33-26)19-12-25-27(35-21-6-4-3-5-7-21)22(15-34-37(25)16-19)28(32)36-24-13-20(31)9-10-23(24)30/h8-16,21,35,38H,3-7,17H2,1-2H3,(H2,32,36). The van der Waals surface area contributed by atoms with E-state index in [0.717, 1.165) is 40.9 Å². The number of nitrogens with zero attached hydrogens (tertiary/aromatic N) is 4. The summed E-state index contributed by atoms with van der Waals surface area (Å²) < 4.78 is 15.7. The number of aliphatic hydroxyl groups is 1. The van der Waals surface area contributed by atoms with Crippen LogP contribution in [0.1, 0.15) is 57.2 Å². The highest BCUT2D eigenvalue weighted by atomic mass is 35.5. The van der Waals surface area contributed by atoms with Gasteiger partial charge in [0.15, 0.2) is 0 Å². The Morgan fingerprint density at radius 3 is 2.66 bits per heavy atom. The largest absolute Gasteiger partial charge is 0.395 e. The fraction of sp³-hybridized carbons (Fsp3) is 0.345. The van der Waals surface area contributed by atoms with Crippen molar-refractivity contribution in [1.29, 1.82) is 0 Å². The van der Waals surface area contributed by atoms with Crippen LogP contribution >= 0.6 is 11.6 Å². The highest BCUT2D eigenvalue weighted by Gasteiger charge is 2.22. The van der Waals surface area contributed by atoms with E-state index in [1.807, 2.05) is 42.9 Å². The van der Waals surface area contributed by atoms with Crippen molar-refractivity contribution in [2.24, 2.45) is 10.7 Å². The number of benzene rings is 1. The first-order valence-electron chi connectivity index (χ1n) is 12.9. The second-order valence-electron chi connectivity index (χ2n) is 10.5. The van der Waals surface area contributed by atoms with Gasteiger partial charge in [-0.05, 0) is 37.1 Å². The number of halogens is 2. The molecule has 0 saturated heterocycles. The molecule has 4 aromatic rings. The topological polar surface area (TPSA) is 101 Å². The zero-order chi connectivity index (χ0) is 26.9. The number of fused-ring (bicyclic) bond motifs is 1. The van der Waals surface area contributed by atoms with Crippen molar-refractivity contribution in [2.75, 3.05) is 11.9 Å². The molecule has 0 bridgehead atoms. The molecule has 3 aromatic heterocycles. The van der Waals surface area contributed by atoms with Gasteiger partial charge in [0.05, 0.1) is 40.3 Å². The van der Waals surface area contributed by atoms with Crippen molar-refractivity contribution in [2.45, 2.75) is 57.4 Å². The van der Waals surface area contributed by atoms with Gasteiger partial charge in [-0.15, -0.1) is 0 Å². The van der Waals surface area contributed by atoms with Gasteiger partial charge in [0, 0.05) is 46.7 Å². The van der Waals surface area contributed by atoms with Crippen LogP contribution in [0.15, 0.2) is 60.0 Å². The second-order valence-corrected chi connectivity index (χ2v) is 10.9. The number of rotatable bonds is 7. The van der Waals surface area contributed by atoms with Crippen LogP contribution in [0.5, 0.6) is 0 Å². The number of nitrogens with one attached hydrogen (secondary N) is 1. The molecule has 1 aliphatic rings. The molecule has 0 atom stereocenters. The lowest BCUT2D eigenvalue weighted by Gasteiger charge is -2.25. The van der Waals surface area contributed by atoms with Gasteiger partial charge in [0.25, 0.3) is 0 Å². The molecule has 1 aromatic carbocycles. The lowest BCUT2D eigenvalue weighted by molar-refractivity contribution is 0.215. The van der Waals surface area contributed by atoms with E-state index in [1.165, 1.54) is 37.5 Å². The summed E-state index contributed by atoms with van der Waals surface area (Å²) in [6.07, 6.45) is 11.2. The quantitative estimate of drug-likeness (QED) is 0.192. The molecule has 3 heterocycles. The number of pyridine rings is 1. The average molecular weight is 535 g/mol. The molecule has 0 aliphatic heterocycles. The number of aliphatic hydroxyl groups excluding tert-OH is 1. The number of hydrogen-bond acceptors (Lipinski definition) is 5. The molecule has 0 spiro atoms. The summed E-state index contributed by atoms with van der Waals surface area (Å²) >= 11 is 6.25. The minimum atomic E-state index is -0.437. The van der Waals surface area contributed by atoms with Crippen molar-refractivity contribution in [3.63, 3.8) is 0 Å². The molecule has 1 aliphatic carbocycles. The van der Waals surface area contributed by atoms with Crippen molar-refractivity contribution in [3.05, 3.63) is 77.1 Å². The highest BCUT2D eigenvalue weighted by Crippen LogP contribution is 2.33. The Morgan fingerprint density at radius 1 is 1.16 bits per heavy atom. The fourth-order valence-corrected chi connectivity index (χ4v) is 4.98. The highest BCUT2D eigenvalue weighted by molar-refractivity contribution is 6.33. The Morgan fingerprint density at radius 2 is 1.95 bits per heavy atom. The van der Waals surface area contributed by atoms with Crippen LogP contribution in [-0.2, 0) is 5.41 Å². The Kier molecular flexibility index (Phi) is 7.36. The van der Waals surface area contributed by atoms with Gasteiger partial charge in [-0.1, -0.05) is 50.8 Å². The Balaban J connectivity index is 1.58. The molecule has 5 rings (SSSR count). The van der Waals surface area contributed by atoms with E-state index in [-0.39, 0.29) is 18.1 Å². The summed E-state index contributed by atoms with van der Waals surface area (Å²) in [4.78, 5) is 9.06. The SMILES string of the molecule is CC(C)(CO)c1ccc(-c2cc3c(NC4CCCCC4)c(C(N)=Nc4cc(F)ccc4Cl)cnn3c2)cn1. The Hall–Kier alpha value is -3.49. The summed E-state index contributed by atoms with van der Waals surface area (Å²) in [5, 5.41) is 18.3. The fourth-order valence-electron chi connectivity index (χ4n) is 4.82. The van der Waals surface area contributed by atoms with Crippen LogP contribution < -0.4 is 11.1 Å². The van der Waals surface area contributed by atoms with Crippen molar-refractivity contribution in [1.82, 2.24) is 14.6 Å². The molecule has 0 unspecified atom stereocenters. The molecular weight excluding hydrogens is 503 g/mol. The second kappa shape index (κ2) is 10.7. The maximum Gasteiger partial charge on any atom is 0.135 e. The van der Waals surface area contributed by atoms with E-state index in [0.29, 0.717) is 16.6 Å². The predicted molar refractivity (Wildman–Crippen MR) is 151 cm³/mol. The maximum atomic E-state index is 13.9. The lowest BCUT2D eigenvalue weighted by Crippen LogP contribution is -2.25. The molecule has 0 amide bonds. The third-order valence-corrected chi connectivity index (χ3v) is 7.52. The number of aromatic nitrogens is 3. The van der Waals surface area contributed by atoms with Crippen molar-refractivity contribution in [3.8, 4) is 11.1 Å². The number of anilines is 1. The zero-order valence-electron chi connectivity index (χ0n) is 21.6. The first kappa shape index (κ1) is 26.1. The Bertz CT molecular complexity index is 1470. The smallest absolute Gasteiger partial charge is 0.135 e. The monoisotopic (exact) mass is 534 g/mol. The van der Waals surface area contributed by atoms with Gasteiger partial charge in [-0.25, -0.2) is 13.9 Å². The summed E-state index contributed by atoms with van der Waals surface area (Å²) in [5.41, 5.74) is 11.4. The number of nitrogens with two attached hydrogens (primary N) is 1. The molecule has 9 heteroatoms. The van der Waals surface area contributed by atoms with Gasteiger partial charge < -0.3 is 16.2 Å². The first-order valence-corrected chi connectivity index (χ1v) is 13.3. The summed E-state index contributed by atoms with van der Waals surface area (Å²) in [7, 11) is 0. The lowest BCUT2D eigenvalue weighted by atomic mass is 9.89. The summed E-state index contributed by atoms with van der Waals surface area (Å²) in [6.45, 7) is 3.93. The first-order chi connectivity index (χ1) is 18.2. The maximum absolute atomic E-state index is 13.9. The van der Waals surface area contributed by atoms with Crippen molar-refractivity contribution >= 4 is 34.3 Å². The van der Waals surface area contributed by atoms with Crippen LogP contribution in [0.2, 0.25) is 5.02 Å². The van der Waals surface area contributed by atoms with E-state index in [1.54, 1.807) is 6.20 Å². The summed E-state index contributed by atoms with van der Waals surface area (Å²) in [6, 6.07) is 10.3. The van der Waals surface area contributed by atoms with Gasteiger partial charge in [-0.2, -0.15) is 5.10 Å². The molecule has 4 N–H and O–H groups in total. The van der Waals surface area contributed by atoms with Gasteiger partial charge >= 0.3 is 0 Å². The third kappa shape index (κ3) is 5.37. The number of amidine groups is 1. The molecule has 0 radical (unpaired) electrons. The van der Waals surface area contributed by atoms with Crippen LogP contribution in [0.4, 0.5) is 15.8 Å². The minimum absolute atomic E-state index is 0.0160. The van der Waals surface area contributed by atoms with Gasteiger partial charge in [0.2, 0.25) is 0 Å². The van der Waals surface area contributed by atoms with Crippen LogP contribution in [0.25, 0.3) is 16.6 Å². The number of aliphatic imine (C=N–C) groups is 1. The van der Waals surface area contributed by atoms with Crippen LogP contribution in [0.3, 0.4) is 0 Å². The van der Waals surface area contributed by atoms with E-state index >= 15 is 0 Å². The minimum Gasteiger partial charge on any atom is -0.395 e. The zero-order valence-corrected chi connectivity index (χ0v) is 22.3. The molecule has 38 heavy (non-hydrogen) atoms. The van der Waals surface area contributed by atoms with Crippen LogP contribution in [-0.4, -0.2) is 38.2 Å². The van der Waals surface area contributed by atoms with Gasteiger partial charge in [-0.3, -0.25) is 4.98 Å². The molecule has 1 fully saturated rings. The van der Waals surface area contributed by atoms with Gasteiger partial charge in [0.1, 0.15) is 11.7 Å². The van der Waals surface area contributed by atoms with Crippen LogP contribution in [0, 0.1) is 5.82 Å².